The van der Waals surface area contributed by atoms with E-state index in [2.05, 4.69) is 41.8 Å². The predicted octanol–water partition coefficient (Wildman–Crippen LogP) is 3.09. The summed E-state index contributed by atoms with van der Waals surface area (Å²) in [5, 5.41) is 9.35. The van der Waals surface area contributed by atoms with Gasteiger partial charge in [-0.3, -0.25) is 0 Å². The van der Waals surface area contributed by atoms with Crippen LogP contribution in [0.4, 0.5) is 0 Å². The van der Waals surface area contributed by atoms with E-state index in [0.29, 0.717) is 18.3 Å². The third kappa shape index (κ3) is 4.38. The summed E-state index contributed by atoms with van der Waals surface area (Å²) in [6, 6.07) is 14.4. The van der Waals surface area contributed by atoms with Gasteiger partial charge in [0.25, 0.3) is 0 Å². The molecule has 0 atom stereocenters. The maximum atomic E-state index is 5.72. The first kappa shape index (κ1) is 14.6. The zero-order valence-corrected chi connectivity index (χ0v) is 12.5. The summed E-state index contributed by atoms with van der Waals surface area (Å²) < 4.78 is 5.72. The molecule has 2 rings (SSSR count). The first-order chi connectivity index (χ1) is 9.79. The molecule has 106 valence electrons. The number of rotatable bonds is 6. The SMILES string of the molecule is CCCNC(=S)NCCOc1ccc2ccccc2c1. The molecule has 0 radical (unpaired) electrons. The van der Waals surface area contributed by atoms with E-state index in [-0.39, 0.29) is 0 Å². The molecule has 0 saturated carbocycles. The van der Waals surface area contributed by atoms with Gasteiger partial charge in [0.15, 0.2) is 5.11 Å². The second-order valence-electron chi connectivity index (χ2n) is 4.54. The highest BCUT2D eigenvalue weighted by Crippen LogP contribution is 2.20. The van der Waals surface area contributed by atoms with E-state index in [0.717, 1.165) is 18.7 Å². The Morgan fingerprint density at radius 3 is 2.60 bits per heavy atom. The maximum Gasteiger partial charge on any atom is 0.166 e. The fourth-order valence-electron chi connectivity index (χ4n) is 1.89. The van der Waals surface area contributed by atoms with E-state index in [1.54, 1.807) is 0 Å². The number of hydrogen-bond acceptors (Lipinski definition) is 2. The minimum Gasteiger partial charge on any atom is -0.492 e. The summed E-state index contributed by atoms with van der Waals surface area (Å²) in [7, 11) is 0. The Balaban J connectivity index is 1.77. The van der Waals surface area contributed by atoms with Crippen molar-refractivity contribution in [2.45, 2.75) is 13.3 Å². The molecule has 0 bridgehead atoms. The van der Waals surface area contributed by atoms with Gasteiger partial charge < -0.3 is 15.4 Å². The summed E-state index contributed by atoms with van der Waals surface area (Å²) >= 11 is 5.13. The molecule has 0 aromatic heterocycles. The van der Waals surface area contributed by atoms with E-state index < -0.39 is 0 Å². The van der Waals surface area contributed by atoms with Crippen molar-refractivity contribution >= 4 is 28.1 Å². The van der Waals surface area contributed by atoms with Crippen LogP contribution >= 0.6 is 12.2 Å². The van der Waals surface area contributed by atoms with Crippen molar-refractivity contribution in [1.29, 1.82) is 0 Å². The molecule has 20 heavy (non-hydrogen) atoms. The molecular formula is C16H20N2OS. The van der Waals surface area contributed by atoms with Crippen LogP contribution in [0.5, 0.6) is 5.75 Å². The van der Waals surface area contributed by atoms with Crippen molar-refractivity contribution in [2.75, 3.05) is 19.7 Å². The molecular weight excluding hydrogens is 268 g/mol. The van der Waals surface area contributed by atoms with Crippen molar-refractivity contribution < 1.29 is 4.74 Å². The lowest BCUT2D eigenvalue weighted by molar-refractivity contribution is 0.322. The molecule has 0 aliphatic rings. The van der Waals surface area contributed by atoms with Crippen molar-refractivity contribution in [3.63, 3.8) is 0 Å². The summed E-state index contributed by atoms with van der Waals surface area (Å²) in [5.41, 5.74) is 0. The van der Waals surface area contributed by atoms with Crippen LogP contribution in [-0.2, 0) is 0 Å². The van der Waals surface area contributed by atoms with Crippen molar-refractivity contribution in [3.05, 3.63) is 42.5 Å². The normalized spacial score (nSPS) is 10.2. The van der Waals surface area contributed by atoms with Crippen LogP contribution < -0.4 is 15.4 Å². The molecule has 4 heteroatoms. The lowest BCUT2D eigenvalue weighted by Crippen LogP contribution is -2.37. The van der Waals surface area contributed by atoms with Crippen LogP contribution in [0.3, 0.4) is 0 Å². The monoisotopic (exact) mass is 288 g/mol. The molecule has 2 aromatic carbocycles. The van der Waals surface area contributed by atoms with Crippen molar-refractivity contribution in [3.8, 4) is 5.75 Å². The Bertz CT molecular complexity index is 571. The fourth-order valence-corrected chi connectivity index (χ4v) is 2.10. The van der Waals surface area contributed by atoms with E-state index in [1.807, 2.05) is 18.2 Å². The Morgan fingerprint density at radius 2 is 1.80 bits per heavy atom. The second-order valence-corrected chi connectivity index (χ2v) is 4.95. The first-order valence-corrected chi connectivity index (χ1v) is 7.33. The third-order valence-corrected chi connectivity index (χ3v) is 3.20. The smallest absolute Gasteiger partial charge is 0.166 e. The topological polar surface area (TPSA) is 33.3 Å². The van der Waals surface area contributed by atoms with Crippen LogP contribution in [0.25, 0.3) is 10.8 Å². The minimum absolute atomic E-state index is 0.590. The number of fused-ring (bicyclic) bond motifs is 1. The standard InChI is InChI=1S/C16H20N2OS/c1-2-9-17-16(20)18-10-11-19-15-8-7-13-5-3-4-6-14(13)12-15/h3-8,12H,2,9-11H2,1H3,(H2,17,18,20). The zero-order chi connectivity index (χ0) is 14.2. The Morgan fingerprint density at radius 1 is 1.05 bits per heavy atom. The van der Waals surface area contributed by atoms with Gasteiger partial charge in [-0.05, 0) is 41.5 Å². The Labute approximate surface area is 125 Å². The summed E-state index contributed by atoms with van der Waals surface area (Å²) in [6.07, 6.45) is 1.06. The fraction of sp³-hybridized carbons (Fsp3) is 0.312. The highest BCUT2D eigenvalue weighted by atomic mass is 32.1. The molecule has 0 saturated heterocycles. The molecule has 0 fully saturated rings. The first-order valence-electron chi connectivity index (χ1n) is 6.93. The Kier molecular flexibility index (Phi) is 5.62. The lowest BCUT2D eigenvalue weighted by atomic mass is 10.1. The zero-order valence-electron chi connectivity index (χ0n) is 11.7. The second kappa shape index (κ2) is 7.70. The summed E-state index contributed by atoms with van der Waals surface area (Å²) in [5.74, 6) is 0.887. The largest absolute Gasteiger partial charge is 0.492 e. The number of benzene rings is 2. The van der Waals surface area contributed by atoms with Gasteiger partial charge in [0.1, 0.15) is 12.4 Å². The quantitative estimate of drug-likeness (QED) is 0.632. The highest BCUT2D eigenvalue weighted by molar-refractivity contribution is 7.80. The van der Waals surface area contributed by atoms with Crippen molar-refractivity contribution in [2.24, 2.45) is 0 Å². The average molecular weight is 288 g/mol. The molecule has 2 aromatic rings. The molecule has 0 aliphatic heterocycles. The van der Waals surface area contributed by atoms with Gasteiger partial charge in [-0.25, -0.2) is 0 Å². The van der Waals surface area contributed by atoms with E-state index in [9.17, 15) is 0 Å². The maximum absolute atomic E-state index is 5.72. The van der Waals surface area contributed by atoms with E-state index in [1.165, 1.54) is 10.8 Å². The number of thiocarbonyl (C=S) groups is 1. The summed E-state index contributed by atoms with van der Waals surface area (Å²) in [4.78, 5) is 0. The van der Waals surface area contributed by atoms with Crippen LogP contribution in [0.1, 0.15) is 13.3 Å². The average Bonchev–Trinajstić information content (AvgIpc) is 2.49. The predicted molar refractivity (Wildman–Crippen MR) is 88.3 cm³/mol. The summed E-state index contributed by atoms with van der Waals surface area (Å²) in [6.45, 7) is 4.30. The Hall–Kier alpha value is -1.81. The van der Waals surface area contributed by atoms with Gasteiger partial charge in [-0.15, -0.1) is 0 Å². The van der Waals surface area contributed by atoms with E-state index >= 15 is 0 Å². The highest BCUT2D eigenvalue weighted by Gasteiger charge is 1.98. The molecule has 0 amide bonds. The van der Waals surface area contributed by atoms with Gasteiger partial charge in [0, 0.05) is 6.54 Å². The van der Waals surface area contributed by atoms with Crippen LogP contribution in [0.2, 0.25) is 0 Å². The third-order valence-electron chi connectivity index (χ3n) is 2.91. The van der Waals surface area contributed by atoms with Gasteiger partial charge in [0.2, 0.25) is 0 Å². The van der Waals surface area contributed by atoms with Crippen LogP contribution in [0, 0.1) is 0 Å². The molecule has 2 N–H and O–H groups in total. The minimum atomic E-state index is 0.590. The van der Waals surface area contributed by atoms with Gasteiger partial charge in [-0.2, -0.15) is 0 Å². The van der Waals surface area contributed by atoms with Gasteiger partial charge in [0.05, 0.1) is 6.54 Å². The molecule has 3 nitrogen and oxygen atoms in total. The number of hydrogen-bond donors (Lipinski definition) is 2. The molecule has 0 aliphatic carbocycles. The molecule has 0 spiro atoms. The van der Waals surface area contributed by atoms with Crippen molar-refractivity contribution in [1.82, 2.24) is 10.6 Å². The molecule has 0 heterocycles. The lowest BCUT2D eigenvalue weighted by Gasteiger charge is -2.11. The van der Waals surface area contributed by atoms with Gasteiger partial charge >= 0.3 is 0 Å². The number of nitrogens with one attached hydrogen (secondary N) is 2. The van der Waals surface area contributed by atoms with Crippen LogP contribution in [-0.4, -0.2) is 24.8 Å². The molecule has 0 unspecified atom stereocenters. The number of ether oxygens (including phenoxy) is 1. The van der Waals surface area contributed by atoms with Crippen LogP contribution in [0.15, 0.2) is 42.5 Å². The van der Waals surface area contributed by atoms with Gasteiger partial charge in [-0.1, -0.05) is 37.3 Å². The van der Waals surface area contributed by atoms with E-state index in [4.69, 9.17) is 17.0 Å².